The molecule has 1 aromatic carbocycles. The highest BCUT2D eigenvalue weighted by Crippen LogP contribution is 2.26. The fourth-order valence-electron chi connectivity index (χ4n) is 1.45. The fourth-order valence-corrected chi connectivity index (χ4v) is 1.45. The summed E-state index contributed by atoms with van der Waals surface area (Å²) in [6, 6.07) is 4.72. The molecule has 0 aliphatic carbocycles. The zero-order valence-electron chi connectivity index (χ0n) is 7.84. The molecule has 2 rings (SSSR count). The first-order valence-electron chi connectivity index (χ1n) is 4.13. The third kappa shape index (κ3) is 1.30. The molecule has 0 radical (unpaired) electrons. The third-order valence-corrected chi connectivity index (χ3v) is 2.17. The number of aryl methyl sites for hydroxylation is 1. The van der Waals surface area contributed by atoms with Crippen molar-refractivity contribution in [2.75, 3.05) is 0 Å². The maximum Gasteiger partial charge on any atom is 0.281 e. The van der Waals surface area contributed by atoms with Crippen molar-refractivity contribution >= 4 is 16.6 Å². The number of benzene rings is 1. The average molecular weight is 202 g/mol. The Morgan fingerprint density at radius 1 is 1.60 bits per heavy atom. The van der Waals surface area contributed by atoms with E-state index in [1.807, 2.05) is 6.07 Å². The molecule has 0 N–H and O–H groups in total. The van der Waals surface area contributed by atoms with E-state index in [0.29, 0.717) is 10.9 Å². The zero-order chi connectivity index (χ0) is 11.0. The van der Waals surface area contributed by atoms with Gasteiger partial charge in [-0.3, -0.25) is 14.8 Å². The van der Waals surface area contributed by atoms with Crippen LogP contribution >= 0.6 is 0 Å². The van der Waals surface area contributed by atoms with Crippen molar-refractivity contribution in [1.29, 1.82) is 5.26 Å². The Labute approximate surface area is 84.5 Å². The molecule has 0 amide bonds. The summed E-state index contributed by atoms with van der Waals surface area (Å²) in [4.78, 5) is 10.2. The van der Waals surface area contributed by atoms with Crippen molar-refractivity contribution in [3.05, 3.63) is 34.0 Å². The number of rotatable bonds is 1. The van der Waals surface area contributed by atoms with Gasteiger partial charge in [0.1, 0.15) is 0 Å². The van der Waals surface area contributed by atoms with Gasteiger partial charge in [0.25, 0.3) is 5.69 Å². The number of nitrogens with zero attached hydrogens (tertiary/aromatic N) is 4. The maximum atomic E-state index is 10.8. The highest BCUT2D eigenvalue weighted by Gasteiger charge is 2.16. The maximum absolute atomic E-state index is 10.8. The van der Waals surface area contributed by atoms with Crippen LogP contribution in [0.25, 0.3) is 10.9 Å². The Morgan fingerprint density at radius 3 is 2.93 bits per heavy atom. The molecule has 1 heterocycles. The molecule has 0 fully saturated rings. The molecule has 0 saturated carbocycles. The number of hydrogen-bond acceptors (Lipinski definition) is 4. The van der Waals surface area contributed by atoms with Gasteiger partial charge in [-0.25, -0.2) is 0 Å². The van der Waals surface area contributed by atoms with Gasteiger partial charge in [-0.05, 0) is 6.07 Å². The summed E-state index contributed by atoms with van der Waals surface area (Å²) in [6.07, 6.45) is 1.43. The van der Waals surface area contributed by atoms with E-state index in [-0.39, 0.29) is 11.3 Å². The normalized spacial score (nSPS) is 10.1. The first kappa shape index (κ1) is 9.15. The van der Waals surface area contributed by atoms with E-state index in [1.54, 1.807) is 13.1 Å². The summed E-state index contributed by atoms with van der Waals surface area (Å²) in [5.74, 6) is 0. The number of nitro groups is 1. The van der Waals surface area contributed by atoms with Gasteiger partial charge in [-0.15, -0.1) is 0 Å². The van der Waals surface area contributed by atoms with Gasteiger partial charge in [0.05, 0.1) is 33.7 Å². The lowest BCUT2D eigenvalue weighted by Crippen LogP contribution is -1.92. The summed E-state index contributed by atoms with van der Waals surface area (Å²) < 4.78 is 1.50. The largest absolute Gasteiger partial charge is 0.281 e. The second kappa shape index (κ2) is 3.06. The molecule has 1 aromatic heterocycles. The number of nitro benzene ring substituents is 1. The van der Waals surface area contributed by atoms with Crippen molar-refractivity contribution in [3.63, 3.8) is 0 Å². The van der Waals surface area contributed by atoms with E-state index in [9.17, 15) is 10.1 Å². The van der Waals surface area contributed by atoms with Crippen LogP contribution in [0, 0.1) is 21.4 Å². The van der Waals surface area contributed by atoms with Gasteiger partial charge < -0.3 is 0 Å². The second-order valence-electron chi connectivity index (χ2n) is 3.07. The van der Waals surface area contributed by atoms with Crippen LogP contribution in [0.5, 0.6) is 0 Å². The summed E-state index contributed by atoms with van der Waals surface area (Å²) in [5.41, 5.74) is 0.760. The summed E-state index contributed by atoms with van der Waals surface area (Å²) >= 11 is 0. The minimum Gasteiger partial charge on any atom is -0.268 e. The number of aromatic nitrogens is 2. The smallest absolute Gasteiger partial charge is 0.268 e. The van der Waals surface area contributed by atoms with Gasteiger partial charge in [-0.2, -0.15) is 10.4 Å². The van der Waals surface area contributed by atoms with Crippen LogP contribution < -0.4 is 0 Å². The molecular formula is C9H6N4O2. The van der Waals surface area contributed by atoms with E-state index < -0.39 is 4.92 Å². The molecule has 0 bridgehead atoms. The molecule has 0 aliphatic heterocycles. The van der Waals surface area contributed by atoms with Crippen molar-refractivity contribution in [2.24, 2.45) is 7.05 Å². The van der Waals surface area contributed by atoms with E-state index in [4.69, 9.17) is 5.26 Å². The topological polar surface area (TPSA) is 84.8 Å². The van der Waals surface area contributed by atoms with E-state index in [0.717, 1.165) is 0 Å². The SMILES string of the molecule is Cn1ncc2c([N+](=O)[O-])cc(C#N)cc21. The van der Waals surface area contributed by atoms with Gasteiger partial charge in [0, 0.05) is 13.1 Å². The van der Waals surface area contributed by atoms with Crippen LogP contribution in [0.3, 0.4) is 0 Å². The molecule has 0 aliphatic rings. The second-order valence-corrected chi connectivity index (χ2v) is 3.07. The monoisotopic (exact) mass is 202 g/mol. The lowest BCUT2D eigenvalue weighted by Gasteiger charge is -1.96. The quantitative estimate of drug-likeness (QED) is 0.516. The molecule has 0 spiro atoms. The molecule has 2 aromatic rings. The summed E-state index contributed by atoms with van der Waals surface area (Å²) in [7, 11) is 1.67. The van der Waals surface area contributed by atoms with Crippen LogP contribution in [0.15, 0.2) is 18.3 Å². The van der Waals surface area contributed by atoms with Gasteiger partial charge in [-0.1, -0.05) is 0 Å². The van der Waals surface area contributed by atoms with Crippen LogP contribution in [0.1, 0.15) is 5.56 Å². The molecule has 0 unspecified atom stereocenters. The van der Waals surface area contributed by atoms with Gasteiger partial charge >= 0.3 is 0 Å². The van der Waals surface area contributed by atoms with Crippen molar-refractivity contribution in [1.82, 2.24) is 9.78 Å². The van der Waals surface area contributed by atoms with Crippen molar-refractivity contribution < 1.29 is 4.92 Å². The molecule has 0 atom stereocenters. The Kier molecular flexibility index (Phi) is 1.87. The van der Waals surface area contributed by atoms with E-state index in [1.165, 1.54) is 16.9 Å². The first-order valence-corrected chi connectivity index (χ1v) is 4.13. The lowest BCUT2D eigenvalue weighted by atomic mass is 10.1. The molecule has 6 nitrogen and oxygen atoms in total. The predicted molar refractivity (Wildman–Crippen MR) is 52.1 cm³/mol. The lowest BCUT2D eigenvalue weighted by molar-refractivity contribution is -0.383. The standard InChI is InChI=1S/C9H6N4O2/c1-12-8-2-6(4-10)3-9(13(14)15)7(8)5-11-12/h2-3,5H,1H3. The van der Waals surface area contributed by atoms with E-state index >= 15 is 0 Å². The highest BCUT2D eigenvalue weighted by molar-refractivity contribution is 5.89. The minimum atomic E-state index is -0.509. The average Bonchev–Trinajstić information content (AvgIpc) is 2.59. The summed E-state index contributed by atoms with van der Waals surface area (Å²) in [6.45, 7) is 0. The van der Waals surface area contributed by atoms with Crippen LogP contribution in [-0.4, -0.2) is 14.7 Å². The number of fused-ring (bicyclic) bond motifs is 1. The molecule has 0 saturated heterocycles. The van der Waals surface area contributed by atoms with Crippen LogP contribution in [-0.2, 0) is 7.05 Å². The van der Waals surface area contributed by atoms with Gasteiger partial charge in [0.15, 0.2) is 0 Å². The highest BCUT2D eigenvalue weighted by atomic mass is 16.6. The van der Waals surface area contributed by atoms with Crippen molar-refractivity contribution in [3.8, 4) is 6.07 Å². The van der Waals surface area contributed by atoms with Crippen LogP contribution in [0.2, 0.25) is 0 Å². The Balaban J connectivity index is 2.90. The molecular weight excluding hydrogens is 196 g/mol. The molecule has 15 heavy (non-hydrogen) atoms. The minimum absolute atomic E-state index is 0.0860. The van der Waals surface area contributed by atoms with Crippen LogP contribution in [0.4, 0.5) is 5.69 Å². The Bertz CT molecular complexity index is 594. The molecule has 6 heteroatoms. The summed E-state index contributed by atoms with van der Waals surface area (Å²) in [5, 5.41) is 23.8. The Hall–Kier alpha value is -2.42. The van der Waals surface area contributed by atoms with E-state index in [2.05, 4.69) is 5.10 Å². The zero-order valence-corrected chi connectivity index (χ0v) is 7.84. The number of non-ortho nitro benzene ring substituents is 1. The number of nitriles is 1. The Morgan fingerprint density at radius 2 is 2.33 bits per heavy atom. The predicted octanol–water partition coefficient (Wildman–Crippen LogP) is 1.35. The van der Waals surface area contributed by atoms with Crippen molar-refractivity contribution in [2.45, 2.75) is 0 Å². The number of hydrogen-bond donors (Lipinski definition) is 0. The van der Waals surface area contributed by atoms with Gasteiger partial charge in [0.2, 0.25) is 0 Å². The first-order chi connectivity index (χ1) is 7.13. The fraction of sp³-hybridized carbons (Fsp3) is 0.111. The third-order valence-electron chi connectivity index (χ3n) is 2.17. The molecule has 74 valence electrons.